The van der Waals surface area contributed by atoms with E-state index in [2.05, 4.69) is 17.2 Å². The Bertz CT molecular complexity index is 225. The first kappa shape index (κ1) is 13.8. The molecule has 0 fully saturated rings. The predicted octanol–water partition coefficient (Wildman–Crippen LogP) is -0.228. The molecule has 0 saturated carbocycles. The SMILES string of the molecule is CN=C(NC[C@H](C)CCCO)/C(N)=C\N. The fourth-order valence-corrected chi connectivity index (χ4v) is 1.20. The van der Waals surface area contributed by atoms with Gasteiger partial charge >= 0.3 is 0 Å². The molecular formula is C10H22N4O. The molecule has 0 heterocycles. The summed E-state index contributed by atoms with van der Waals surface area (Å²) in [5, 5.41) is 11.8. The van der Waals surface area contributed by atoms with Gasteiger partial charge in [0.15, 0.2) is 0 Å². The zero-order valence-electron chi connectivity index (χ0n) is 9.53. The van der Waals surface area contributed by atoms with E-state index in [1.807, 2.05) is 0 Å². The Hall–Kier alpha value is -1.23. The molecule has 0 unspecified atom stereocenters. The van der Waals surface area contributed by atoms with Gasteiger partial charge in [-0.25, -0.2) is 0 Å². The highest BCUT2D eigenvalue weighted by molar-refractivity contribution is 5.97. The maximum absolute atomic E-state index is 8.68. The molecule has 0 aromatic carbocycles. The lowest BCUT2D eigenvalue weighted by molar-refractivity contribution is 0.274. The zero-order chi connectivity index (χ0) is 11.7. The lowest BCUT2D eigenvalue weighted by atomic mass is 10.1. The number of rotatable bonds is 6. The highest BCUT2D eigenvalue weighted by atomic mass is 16.2. The Kier molecular flexibility index (Phi) is 7.44. The summed E-state index contributed by atoms with van der Waals surface area (Å²) in [6.07, 6.45) is 3.13. The predicted molar refractivity (Wildman–Crippen MR) is 63.3 cm³/mol. The van der Waals surface area contributed by atoms with Crippen molar-refractivity contribution in [2.24, 2.45) is 22.4 Å². The van der Waals surface area contributed by atoms with Gasteiger partial charge in [-0.1, -0.05) is 6.92 Å². The normalized spacial score (nSPS) is 15.1. The smallest absolute Gasteiger partial charge is 0.145 e. The van der Waals surface area contributed by atoms with Crippen molar-refractivity contribution in [3.05, 3.63) is 11.9 Å². The second-order valence-electron chi connectivity index (χ2n) is 3.55. The van der Waals surface area contributed by atoms with E-state index >= 15 is 0 Å². The average Bonchev–Trinajstić information content (AvgIpc) is 2.26. The fraction of sp³-hybridized carbons (Fsp3) is 0.700. The number of hydrogen-bond acceptors (Lipinski definition) is 4. The molecule has 0 bridgehead atoms. The van der Waals surface area contributed by atoms with Crippen LogP contribution in [0.25, 0.3) is 0 Å². The molecule has 0 radical (unpaired) electrons. The Morgan fingerprint density at radius 3 is 2.73 bits per heavy atom. The van der Waals surface area contributed by atoms with Gasteiger partial charge in [-0.2, -0.15) is 0 Å². The first-order chi connectivity index (χ1) is 7.15. The summed E-state index contributed by atoms with van der Waals surface area (Å²) < 4.78 is 0. The maximum Gasteiger partial charge on any atom is 0.145 e. The molecule has 0 spiro atoms. The minimum absolute atomic E-state index is 0.240. The lowest BCUT2D eigenvalue weighted by Crippen LogP contribution is -2.33. The minimum Gasteiger partial charge on any atom is -0.403 e. The molecule has 0 aromatic heterocycles. The summed E-state index contributed by atoms with van der Waals surface area (Å²) in [5.74, 6) is 1.09. The van der Waals surface area contributed by atoms with Gasteiger partial charge < -0.3 is 21.9 Å². The van der Waals surface area contributed by atoms with Gasteiger partial charge in [0.2, 0.25) is 0 Å². The van der Waals surface area contributed by atoms with Crippen LogP contribution in [0.4, 0.5) is 0 Å². The van der Waals surface area contributed by atoms with E-state index in [1.54, 1.807) is 7.05 Å². The number of nitrogens with two attached hydrogens (primary N) is 2. The molecule has 1 atom stereocenters. The largest absolute Gasteiger partial charge is 0.403 e. The molecule has 5 nitrogen and oxygen atoms in total. The maximum atomic E-state index is 8.68. The fourth-order valence-electron chi connectivity index (χ4n) is 1.20. The van der Waals surface area contributed by atoms with Gasteiger partial charge in [0, 0.05) is 26.4 Å². The van der Waals surface area contributed by atoms with Crippen molar-refractivity contribution in [1.29, 1.82) is 0 Å². The van der Waals surface area contributed by atoms with Crippen LogP contribution in [0.5, 0.6) is 0 Å². The molecule has 0 amide bonds. The van der Waals surface area contributed by atoms with Crippen LogP contribution in [-0.2, 0) is 0 Å². The van der Waals surface area contributed by atoms with Gasteiger partial charge in [0.25, 0.3) is 0 Å². The Labute approximate surface area is 91.3 Å². The van der Waals surface area contributed by atoms with Gasteiger partial charge in [-0.3, -0.25) is 4.99 Å². The molecule has 6 N–H and O–H groups in total. The van der Waals surface area contributed by atoms with Crippen LogP contribution < -0.4 is 16.8 Å². The van der Waals surface area contributed by atoms with Crippen LogP contribution in [0, 0.1) is 5.92 Å². The monoisotopic (exact) mass is 214 g/mol. The number of nitrogens with zero attached hydrogens (tertiary/aromatic N) is 1. The van der Waals surface area contributed by atoms with Crippen molar-refractivity contribution in [2.45, 2.75) is 19.8 Å². The van der Waals surface area contributed by atoms with Gasteiger partial charge in [-0.05, 0) is 18.8 Å². The van der Waals surface area contributed by atoms with Crippen LogP contribution in [-0.4, -0.2) is 31.1 Å². The molecular weight excluding hydrogens is 192 g/mol. The molecule has 0 saturated heterocycles. The summed E-state index contributed by atoms with van der Waals surface area (Å²) in [4.78, 5) is 3.99. The number of amidine groups is 1. The van der Waals surface area contributed by atoms with E-state index in [-0.39, 0.29) is 6.61 Å². The van der Waals surface area contributed by atoms with Crippen molar-refractivity contribution in [3.63, 3.8) is 0 Å². The van der Waals surface area contributed by atoms with Crippen molar-refractivity contribution in [2.75, 3.05) is 20.2 Å². The van der Waals surface area contributed by atoms with E-state index in [4.69, 9.17) is 16.6 Å². The molecule has 15 heavy (non-hydrogen) atoms. The van der Waals surface area contributed by atoms with Crippen LogP contribution in [0.15, 0.2) is 16.9 Å². The molecule has 0 aromatic rings. The van der Waals surface area contributed by atoms with Crippen molar-refractivity contribution >= 4 is 5.84 Å². The zero-order valence-corrected chi connectivity index (χ0v) is 9.53. The summed E-state index contributed by atoms with van der Waals surface area (Å²) in [6.45, 7) is 3.13. The summed E-state index contributed by atoms with van der Waals surface area (Å²) in [5.41, 5.74) is 11.4. The minimum atomic E-state index is 0.240. The third-order valence-corrected chi connectivity index (χ3v) is 2.15. The van der Waals surface area contributed by atoms with Crippen molar-refractivity contribution < 1.29 is 5.11 Å². The van der Waals surface area contributed by atoms with Gasteiger partial charge in [0.05, 0.1) is 5.70 Å². The quantitative estimate of drug-likeness (QED) is 0.363. The molecule has 0 aliphatic rings. The van der Waals surface area contributed by atoms with Gasteiger partial charge in [0.1, 0.15) is 5.84 Å². The van der Waals surface area contributed by atoms with E-state index < -0.39 is 0 Å². The van der Waals surface area contributed by atoms with Crippen LogP contribution >= 0.6 is 0 Å². The first-order valence-electron chi connectivity index (χ1n) is 5.15. The average molecular weight is 214 g/mol. The van der Waals surface area contributed by atoms with Gasteiger partial charge in [-0.15, -0.1) is 0 Å². The third-order valence-electron chi connectivity index (χ3n) is 2.15. The number of aliphatic imine (C=N–C) groups is 1. The van der Waals surface area contributed by atoms with Crippen molar-refractivity contribution in [3.8, 4) is 0 Å². The summed E-state index contributed by atoms with van der Waals surface area (Å²) in [7, 11) is 1.66. The number of nitrogens with one attached hydrogen (secondary N) is 1. The summed E-state index contributed by atoms with van der Waals surface area (Å²) >= 11 is 0. The molecule has 0 aliphatic heterocycles. The number of hydrogen-bond donors (Lipinski definition) is 4. The molecule has 0 aliphatic carbocycles. The molecule has 5 heteroatoms. The van der Waals surface area contributed by atoms with E-state index in [0.717, 1.165) is 19.4 Å². The first-order valence-corrected chi connectivity index (χ1v) is 5.15. The topological polar surface area (TPSA) is 96.7 Å². The Balaban J connectivity index is 3.92. The molecule has 88 valence electrons. The van der Waals surface area contributed by atoms with E-state index in [9.17, 15) is 0 Å². The Morgan fingerprint density at radius 2 is 2.27 bits per heavy atom. The van der Waals surface area contributed by atoms with Crippen LogP contribution in [0.3, 0.4) is 0 Å². The van der Waals surface area contributed by atoms with Crippen molar-refractivity contribution in [1.82, 2.24) is 5.32 Å². The second kappa shape index (κ2) is 8.11. The third kappa shape index (κ3) is 5.96. The molecule has 0 rings (SSSR count). The van der Waals surface area contributed by atoms with Crippen LogP contribution in [0.1, 0.15) is 19.8 Å². The van der Waals surface area contributed by atoms with E-state index in [1.165, 1.54) is 6.20 Å². The van der Waals surface area contributed by atoms with Crippen LogP contribution in [0.2, 0.25) is 0 Å². The number of aliphatic hydroxyl groups excluding tert-OH is 1. The highest BCUT2D eigenvalue weighted by Gasteiger charge is 2.05. The highest BCUT2D eigenvalue weighted by Crippen LogP contribution is 2.03. The standard InChI is InChI=1S/C10H22N4O/c1-8(4-3-5-15)7-14-10(13-2)9(12)6-11/h6,8,15H,3-5,7,11-12H2,1-2H3,(H,13,14)/b9-6+/t8-/m1/s1. The van der Waals surface area contributed by atoms with E-state index in [0.29, 0.717) is 17.5 Å². The second-order valence-corrected chi connectivity index (χ2v) is 3.55. The summed E-state index contributed by atoms with van der Waals surface area (Å²) in [6, 6.07) is 0. The Morgan fingerprint density at radius 1 is 1.60 bits per heavy atom. The number of aliphatic hydroxyl groups is 1. The lowest BCUT2D eigenvalue weighted by Gasteiger charge is -2.14.